The quantitative estimate of drug-likeness (QED) is 0.777. The number of anilines is 1. The van der Waals surface area contributed by atoms with Crippen LogP contribution in [0.25, 0.3) is 0 Å². The predicted octanol–water partition coefficient (Wildman–Crippen LogP) is 4.00. The number of rotatable bonds is 7. The van der Waals surface area contributed by atoms with Crippen LogP contribution in [0.1, 0.15) is 12.1 Å². The molecule has 0 fully saturated rings. The van der Waals surface area contributed by atoms with Crippen LogP contribution >= 0.6 is 11.8 Å². The minimum atomic E-state index is -0.0850. The van der Waals surface area contributed by atoms with E-state index >= 15 is 0 Å². The number of aromatic nitrogens is 1. The van der Waals surface area contributed by atoms with E-state index in [1.54, 1.807) is 38.6 Å². The molecule has 0 radical (unpaired) electrons. The van der Waals surface area contributed by atoms with Gasteiger partial charge in [0.2, 0.25) is 0 Å². The molecule has 0 saturated carbocycles. The molecule has 1 aromatic carbocycles. The van der Waals surface area contributed by atoms with Crippen molar-refractivity contribution in [2.45, 2.75) is 12.8 Å². The molecule has 2 aromatic rings. The lowest BCUT2D eigenvalue weighted by Crippen LogP contribution is -2.06. The number of hydrogen-bond acceptors (Lipinski definition) is 5. The lowest BCUT2D eigenvalue weighted by molar-refractivity contribution is 0.269. The summed E-state index contributed by atoms with van der Waals surface area (Å²) in [5.74, 6) is 1.97. The molecule has 0 unspecified atom stereocenters. The molecule has 0 bridgehead atoms. The Morgan fingerprint density at radius 1 is 1.17 bits per heavy atom. The van der Waals surface area contributed by atoms with Gasteiger partial charge in [0.1, 0.15) is 0 Å². The van der Waals surface area contributed by atoms with E-state index < -0.39 is 0 Å². The second kappa shape index (κ2) is 9.05. The first-order valence-electron chi connectivity index (χ1n) is 7.28. The average molecular weight is 332 g/mol. The van der Waals surface area contributed by atoms with Crippen molar-refractivity contribution in [1.29, 1.82) is 0 Å². The van der Waals surface area contributed by atoms with Crippen LogP contribution in [0.5, 0.6) is 11.5 Å². The highest BCUT2D eigenvalue weighted by Crippen LogP contribution is 2.30. The van der Waals surface area contributed by atoms with Crippen molar-refractivity contribution < 1.29 is 14.3 Å². The van der Waals surface area contributed by atoms with Crippen LogP contribution in [0, 0.1) is 0 Å². The second-order valence-electron chi connectivity index (χ2n) is 4.76. The monoisotopic (exact) mass is 332 g/mol. The number of thioether (sulfide) groups is 1. The van der Waals surface area contributed by atoms with E-state index in [0.29, 0.717) is 17.2 Å². The van der Waals surface area contributed by atoms with E-state index in [0.717, 1.165) is 24.3 Å². The van der Waals surface area contributed by atoms with Gasteiger partial charge in [-0.1, -0.05) is 17.8 Å². The standard InChI is InChI=1S/C17H20N2O3S/c1-21-15-9-8-14(12-16(15)22-2)19-17(20)23-11-5-7-13-6-3-4-10-18-13/h3-4,6,8-10,12H,5,7,11H2,1-2H3,(H,19,20). The van der Waals surface area contributed by atoms with E-state index in [4.69, 9.17) is 9.47 Å². The number of ether oxygens (including phenoxy) is 2. The topological polar surface area (TPSA) is 60.5 Å². The number of amides is 1. The van der Waals surface area contributed by atoms with Gasteiger partial charge in [0.05, 0.1) is 14.2 Å². The normalized spacial score (nSPS) is 10.2. The van der Waals surface area contributed by atoms with E-state index in [2.05, 4.69) is 10.3 Å². The predicted molar refractivity (Wildman–Crippen MR) is 93.6 cm³/mol. The summed E-state index contributed by atoms with van der Waals surface area (Å²) >= 11 is 1.26. The maximum atomic E-state index is 11.9. The summed E-state index contributed by atoms with van der Waals surface area (Å²) in [6.45, 7) is 0. The van der Waals surface area contributed by atoms with Crippen LogP contribution in [0.4, 0.5) is 10.5 Å². The number of methoxy groups -OCH3 is 2. The molecule has 0 spiro atoms. The fraction of sp³-hybridized carbons (Fsp3) is 0.294. The summed E-state index contributed by atoms with van der Waals surface area (Å²) < 4.78 is 10.4. The van der Waals surface area contributed by atoms with Crippen molar-refractivity contribution in [3.05, 3.63) is 48.3 Å². The molecule has 0 saturated heterocycles. The third kappa shape index (κ3) is 5.49. The molecule has 6 heteroatoms. The number of carbonyl (C=O) groups is 1. The molecule has 0 aliphatic heterocycles. The Bertz CT molecular complexity index is 635. The largest absolute Gasteiger partial charge is 0.493 e. The number of nitrogens with one attached hydrogen (secondary N) is 1. The van der Waals surface area contributed by atoms with Crippen LogP contribution in [0.3, 0.4) is 0 Å². The first kappa shape index (κ1) is 17.1. The molecule has 0 atom stereocenters. The molecule has 1 N–H and O–H groups in total. The maximum Gasteiger partial charge on any atom is 0.283 e. The van der Waals surface area contributed by atoms with Crippen LogP contribution < -0.4 is 14.8 Å². The smallest absolute Gasteiger partial charge is 0.283 e. The zero-order chi connectivity index (χ0) is 16.5. The molecule has 5 nitrogen and oxygen atoms in total. The van der Waals surface area contributed by atoms with Gasteiger partial charge in [-0.15, -0.1) is 0 Å². The van der Waals surface area contributed by atoms with Gasteiger partial charge in [0.25, 0.3) is 5.24 Å². The van der Waals surface area contributed by atoms with E-state index in [1.165, 1.54) is 11.8 Å². The minimum Gasteiger partial charge on any atom is -0.493 e. The van der Waals surface area contributed by atoms with E-state index in [1.807, 2.05) is 18.2 Å². The van der Waals surface area contributed by atoms with Crippen molar-refractivity contribution in [2.75, 3.05) is 25.3 Å². The molecule has 0 aliphatic rings. The lowest BCUT2D eigenvalue weighted by atomic mass is 10.2. The first-order valence-corrected chi connectivity index (χ1v) is 8.27. The Kier molecular flexibility index (Phi) is 6.75. The molecule has 1 heterocycles. The molecule has 2 rings (SSSR count). The number of benzene rings is 1. The summed E-state index contributed by atoms with van der Waals surface area (Å²) in [6.07, 6.45) is 3.56. The third-order valence-electron chi connectivity index (χ3n) is 3.17. The summed E-state index contributed by atoms with van der Waals surface area (Å²) in [5.41, 5.74) is 1.73. The maximum absolute atomic E-state index is 11.9. The van der Waals surface area contributed by atoms with Crippen LogP contribution in [0.2, 0.25) is 0 Å². The Morgan fingerprint density at radius 3 is 2.70 bits per heavy atom. The zero-order valence-electron chi connectivity index (χ0n) is 13.2. The Labute approximate surface area is 140 Å². The number of hydrogen-bond donors (Lipinski definition) is 1. The average Bonchev–Trinajstić information content (AvgIpc) is 2.59. The van der Waals surface area contributed by atoms with E-state index in [-0.39, 0.29) is 5.24 Å². The Morgan fingerprint density at radius 2 is 2.00 bits per heavy atom. The zero-order valence-corrected chi connectivity index (χ0v) is 14.1. The highest BCUT2D eigenvalue weighted by atomic mass is 32.2. The molecule has 1 aromatic heterocycles. The summed E-state index contributed by atoms with van der Waals surface area (Å²) in [5, 5.41) is 2.75. The molecule has 23 heavy (non-hydrogen) atoms. The number of carbonyl (C=O) groups excluding carboxylic acids is 1. The van der Waals surface area contributed by atoms with Crippen molar-refractivity contribution in [2.24, 2.45) is 0 Å². The fourth-order valence-corrected chi connectivity index (χ4v) is 2.70. The highest BCUT2D eigenvalue weighted by molar-refractivity contribution is 8.13. The van der Waals surface area contributed by atoms with Crippen molar-refractivity contribution in [1.82, 2.24) is 4.98 Å². The van der Waals surface area contributed by atoms with Crippen molar-refractivity contribution >= 4 is 22.7 Å². The number of aryl methyl sites for hydroxylation is 1. The highest BCUT2D eigenvalue weighted by Gasteiger charge is 2.08. The molecular formula is C17H20N2O3S. The van der Waals surface area contributed by atoms with Gasteiger partial charge in [-0.3, -0.25) is 9.78 Å². The van der Waals surface area contributed by atoms with Crippen molar-refractivity contribution in [3.8, 4) is 11.5 Å². The van der Waals surface area contributed by atoms with Crippen LogP contribution in [0.15, 0.2) is 42.6 Å². The van der Waals surface area contributed by atoms with Crippen molar-refractivity contribution in [3.63, 3.8) is 0 Å². The summed E-state index contributed by atoms with van der Waals surface area (Å²) in [6, 6.07) is 11.2. The van der Waals surface area contributed by atoms with Gasteiger partial charge >= 0.3 is 0 Å². The lowest BCUT2D eigenvalue weighted by Gasteiger charge is -2.10. The van der Waals surface area contributed by atoms with E-state index in [9.17, 15) is 4.79 Å². The van der Waals surface area contributed by atoms with Gasteiger partial charge in [0.15, 0.2) is 11.5 Å². The first-order chi connectivity index (χ1) is 11.2. The number of nitrogens with zero attached hydrogens (tertiary/aromatic N) is 1. The molecule has 1 amide bonds. The van der Waals surface area contributed by atoms with Gasteiger partial charge in [-0.05, 0) is 37.1 Å². The Hall–Kier alpha value is -2.21. The van der Waals surface area contributed by atoms with Gasteiger partial charge in [-0.25, -0.2) is 0 Å². The van der Waals surface area contributed by atoms with Gasteiger partial charge in [-0.2, -0.15) is 0 Å². The molecule has 0 aliphatic carbocycles. The SMILES string of the molecule is COc1ccc(NC(=O)SCCCc2ccccn2)cc1OC. The fourth-order valence-electron chi connectivity index (χ4n) is 2.03. The molecule has 122 valence electrons. The van der Waals surface area contributed by atoms with Gasteiger partial charge in [0, 0.05) is 29.4 Å². The third-order valence-corrected chi connectivity index (χ3v) is 4.02. The number of pyridine rings is 1. The molecular weight excluding hydrogens is 312 g/mol. The van der Waals surface area contributed by atoms with Gasteiger partial charge < -0.3 is 14.8 Å². The summed E-state index contributed by atoms with van der Waals surface area (Å²) in [4.78, 5) is 16.2. The van der Waals surface area contributed by atoms with Crippen LogP contribution in [-0.4, -0.2) is 30.2 Å². The Balaban J connectivity index is 1.76. The summed E-state index contributed by atoms with van der Waals surface area (Å²) in [7, 11) is 3.14. The van der Waals surface area contributed by atoms with Crippen LogP contribution in [-0.2, 0) is 6.42 Å². The second-order valence-corrected chi connectivity index (χ2v) is 5.82. The minimum absolute atomic E-state index is 0.0850.